The van der Waals surface area contributed by atoms with E-state index in [1.54, 1.807) is 13.1 Å². The molecule has 18 heteroatoms. The first-order chi connectivity index (χ1) is 27.6. The summed E-state index contributed by atoms with van der Waals surface area (Å²) in [7, 11) is 0. The zero-order chi connectivity index (χ0) is 42.9. The number of benzene rings is 1. The molecule has 2 heterocycles. The molecule has 0 spiro atoms. The predicted octanol–water partition coefficient (Wildman–Crippen LogP) is 0.327. The Morgan fingerprint density at radius 1 is 0.914 bits per heavy atom. The van der Waals surface area contributed by atoms with Crippen molar-refractivity contribution in [3.05, 3.63) is 36.0 Å². The van der Waals surface area contributed by atoms with Gasteiger partial charge in [0.25, 0.3) is 0 Å². The molecule has 5 amide bonds. The van der Waals surface area contributed by atoms with Crippen LogP contribution in [0.5, 0.6) is 0 Å². The van der Waals surface area contributed by atoms with Crippen LogP contribution in [0.3, 0.4) is 0 Å². The molecule has 0 bridgehead atoms. The Morgan fingerprint density at radius 3 is 2.28 bits per heavy atom. The van der Waals surface area contributed by atoms with Crippen molar-refractivity contribution in [3.63, 3.8) is 0 Å². The van der Waals surface area contributed by atoms with E-state index in [9.17, 15) is 33.9 Å². The summed E-state index contributed by atoms with van der Waals surface area (Å²) in [5, 5.41) is 21.7. The second-order valence-electron chi connectivity index (χ2n) is 15.6. The highest BCUT2D eigenvalue weighted by Gasteiger charge is 2.40. The Morgan fingerprint density at radius 2 is 1.62 bits per heavy atom. The minimum Gasteiger partial charge on any atom is -0.480 e. The maximum absolute atomic E-state index is 14.3. The predicted molar refractivity (Wildman–Crippen MR) is 222 cm³/mol. The normalized spacial score (nSPS) is 17.1. The molecule has 3 rings (SSSR count). The van der Waals surface area contributed by atoms with Crippen molar-refractivity contribution in [1.82, 2.24) is 31.2 Å². The van der Waals surface area contributed by atoms with E-state index in [4.69, 9.17) is 22.9 Å². The Labute approximate surface area is 340 Å². The number of aliphatic carboxylic acids is 1. The highest BCUT2D eigenvalue weighted by atomic mass is 16.4. The van der Waals surface area contributed by atoms with E-state index >= 15 is 0 Å². The van der Waals surface area contributed by atoms with Gasteiger partial charge in [-0.25, -0.2) is 4.79 Å². The number of carboxylic acids is 1. The second kappa shape index (κ2) is 23.2. The molecular weight excluding hydrogens is 747 g/mol. The van der Waals surface area contributed by atoms with Gasteiger partial charge < -0.3 is 59.2 Å². The van der Waals surface area contributed by atoms with Gasteiger partial charge in [0.05, 0.1) is 6.04 Å². The van der Waals surface area contributed by atoms with Crippen LogP contribution in [0.25, 0.3) is 10.9 Å². The summed E-state index contributed by atoms with van der Waals surface area (Å²) in [6.07, 6.45) is 5.50. The fourth-order valence-electron chi connectivity index (χ4n) is 7.09. The Hall–Kier alpha value is -5.23. The van der Waals surface area contributed by atoms with Crippen LogP contribution in [0.15, 0.2) is 35.5 Å². The Balaban J connectivity index is 1.90. The minimum atomic E-state index is -1.20. The van der Waals surface area contributed by atoms with Gasteiger partial charge in [0.15, 0.2) is 5.96 Å². The maximum atomic E-state index is 14.3. The van der Waals surface area contributed by atoms with Gasteiger partial charge in [0.1, 0.15) is 30.2 Å². The van der Waals surface area contributed by atoms with Crippen molar-refractivity contribution >= 4 is 52.4 Å². The number of carbonyl (C=O) groups is 6. The maximum Gasteiger partial charge on any atom is 0.326 e. The molecule has 1 aliphatic heterocycles. The van der Waals surface area contributed by atoms with Crippen molar-refractivity contribution in [1.29, 1.82) is 0 Å². The Kier molecular flexibility index (Phi) is 18.9. The molecule has 0 radical (unpaired) electrons. The quantitative estimate of drug-likeness (QED) is 0.0391. The first-order valence-electron chi connectivity index (χ1n) is 20.4. The summed E-state index contributed by atoms with van der Waals surface area (Å²) in [5.41, 5.74) is 24.3. The molecule has 58 heavy (non-hydrogen) atoms. The molecule has 14 N–H and O–H groups in total. The number of guanidine groups is 1. The number of carboxylic acid groups (broad SMARTS) is 1. The molecule has 1 aliphatic rings. The Bertz CT molecular complexity index is 1730. The fraction of sp³-hybridized carbons (Fsp3) is 0.625. The first kappa shape index (κ1) is 47.1. The average molecular weight is 812 g/mol. The fourth-order valence-corrected chi connectivity index (χ4v) is 7.09. The van der Waals surface area contributed by atoms with Crippen molar-refractivity contribution in [2.24, 2.45) is 39.8 Å². The van der Waals surface area contributed by atoms with Crippen LogP contribution in [0.2, 0.25) is 0 Å². The molecule has 1 fully saturated rings. The molecule has 1 aromatic carbocycles. The van der Waals surface area contributed by atoms with Crippen LogP contribution in [0, 0.1) is 11.8 Å². The summed E-state index contributed by atoms with van der Waals surface area (Å²) in [4.78, 5) is 90.1. The van der Waals surface area contributed by atoms with Crippen molar-refractivity contribution in [2.45, 2.75) is 128 Å². The number of aromatic nitrogens is 1. The molecular formula is C40H65N11O7. The molecule has 322 valence electrons. The molecule has 0 aliphatic carbocycles. The first-order valence-corrected chi connectivity index (χ1v) is 20.4. The number of nitrogens with two attached hydrogens (primary N) is 4. The molecule has 18 nitrogen and oxygen atoms in total. The van der Waals surface area contributed by atoms with Crippen LogP contribution in [0.4, 0.5) is 0 Å². The van der Waals surface area contributed by atoms with E-state index in [0.29, 0.717) is 51.5 Å². The van der Waals surface area contributed by atoms with Crippen molar-refractivity contribution in [3.8, 4) is 0 Å². The van der Waals surface area contributed by atoms with Gasteiger partial charge in [-0.05, 0) is 75.0 Å². The van der Waals surface area contributed by atoms with Crippen LogP contribution in [0.1, 0.15) is 91.0 Å². The van der Waals surface area contributed by atoms with E-state index in [2.05, 4.69) is 31.2 Å². The number of hydrogen-bond acceptors (Lipinski definition) is 9. The van der Waals surface area contributed by atoms with Gasteiger partial charge in [-0.1, -0.05) is 58.7 Å². The van der Waals surface area contributed by atoms with Gasteiger partial charge in [0, 0.05) is 36.6 Å². The molecule has 2 aromatic rings. The molecule has 1 saturated heterocycles. The van der Waals surface area contributed by atoms with Gasteiger partial charge in [-0.2, -0.15) is 0 Å². The third-order valence-corrected chi connectivity index (χ3v) is 10.6. The van der Waals surface area contributed by atoms with E-state index in [1.807, 2.05) is 45.0 Å². The van der Waals surface area contributed by atoms with Gasteiger partial charge in [-0.3, -0.25) is 29.0 Å². The van der Waals surface area contributed by atoms with E-state index in [0.717, 1.165) is 16.5 Å². The van der Waals surface area contributed by atoms with Crippen LogP contribution in [-0.4, -0.2) is 112 Å². The molecule has 7 atom stereocenters. The highest BCUT2D eigenvalue weighted by Crippen LogP contribution is 2.23. The number of likely N-dealkylation sites (tertiary alicyclic amines) is 1. The largest absolute Gasteiger partial charge is 0.480 e. The smallest absolute Gasteiger partial charge is 0.326 e. The lowest BCUT2D eigenvalue weighted by atomic mass is 9.96. The van der Waals surface area contributed by atoms with Crippen molar-refractivity contribution < 1.29 is 33.9 Å². The zero-order valence-electron chi connectivity index (χ0n) is 34.3. The number of fused-ring (bicyclic) bond motifs is 1. The zero-order valence-corrected chi connectivity index (χ0v) is 34.3. The number of unbranched alkanes of at least 4 members (excludes halogenated alkanes) is 1. The number of nitrogens with one attached hydrogen (secondary N) is 5. The van der Waals surface area contributed by atoms with Crippen LogP contribution < -0.4 is 44.2 Å². The van der Waals surface area contributed by atoms with E-state index in [-0.39, 0.29) is 44.2 Å². The second-order valence-corrected chi connectivity index (χ2v) is 15.6. The summed E-state index contributed by atoms with van der Waals surface area (Å²) in [5.74, 6) is -4.57. The lowest BCUT2D eigenvalue weighted by Crippen LogP contribution is -2.60. The number of carbonyl (C=O) groups excluding carboxylic acids is 5. The van der Waals surface area contributed by atoms with Gasteiger partial charge in [-0.15, -0.1) is 0 Å². The lowest BCUT2D eigenvalue weighted by molar-refractivity contribution is -0.143. The highest BCUT2D eigenvalue weighted by molar-refractivity contribution is 5.97. The van der Waals surface area contributed by atoms with Crippen LogP contribution >= 0.6 is 0 Å². The number of aliphatic imine (C=N–C) groups is 1. The summed E-state index contributed by atoms with van der Waals surface area (Å²) < 4.78 is 0. The summed E-state index contributed by atoms with van der Waals surface area (Å²) >= 11 is 0. The third-order valence-electron chi connectivity index (χ3n) is 10.6. The average Bonchev–Trinajstić information content (AvgIpc) is 3.84. The number of H-pyrrole nitrogens is 1. The number of rotatable bonds is 24. The van der Waals surface area contributed by atoms with Crippen LogP contribution in [-0.2, 0) is 35.2 Å². The third kappa shape index (κ3) is 14.0. The SMILES string of the molecule is CC[C@H](C)[C@H](NC(=O)[C@H](Cc1c[nH]c2ccccc12)NC(=O)[C@@H]1CCCN1C(=O)[C@H](CCCN=C(N)N)NC(=O)[C@@H](N)CCCCN)C(=O)N[C@@H](CC(C)C)C(=O)O. The summed E-state index contributed by atoms with van der Waals surface area (Å²) in [6, 6.07) is 1.16. The monoisotopic (exact) mass is 812 g/mol. The van der Waals surface area contributed by atoms with E-state index < -0.39 is 77.7 Å². The standard InChI is InChI=1S/C40H65N11O7/c1-5-24(4)33(37(55)49-31(39(57)58)20-23(2)3)50-35(53)30(21-25-22-46-28-14-7-6-12-26(25)28)48-36(54)32-16-11-19-51(32)38(56)29(15-10-18-45-40(43)44)47-34(52)27(42)13-8-9-17-41/h6-7,12,14,22-24,27,29-33,46H,5,8-11,13,15-21,41-42H2,1-4H3,(H,47,52)(H,48,54)(H,49,55)(H,50,53)(H,57,58)(H4,43,44,45)/t24-,27-,29-,30-,31-,32-,33-/m0/s1. The van der Waals surface area contributed by atoms with Gasteiger partial charge >= 0.3 is 5.97 Å². The minimum absolute atomic E-state index is 0.0175. The molecule has 0 unspecified atom stereocenters. The molecule has 0 saturated carbocycles. The lowest BCUT2D eigenvalue weighted by Gasteiger charge is -2.31. The number of para-hydroxylation sites is 1. The van der Waals surface area contributed by atoms with Crippen molar-refractivity contribution in [2.75, 3.05) is 19.6 Å². The van der Waals surface area contributed by atoms with Gasteiger partial charge in [0.2, 0.25) is 29.5 Å². The number of hydrogen-bond donors (Lipinski definition) is 10. The van der Waals surface area contributed by atoms with E-state index in [1.165, 1.54) is 4.90 Å². The number of amides is 5. The number of aromatic amines is 1. The number of nitrogens with zero attached hydrogens (tertiary/aromatic N) is 2. The summed E-state index contributed by atoms with van der Waals surface area (Å²) in [6.45, 7) is 8.22. The topological polar surface area (TPSA) is 306 Å². The molecule has 1 aromatic heterocycles.